The summed E-state index contributed by atoms with van der Waals surface area (Å²) in [5.74, 6) is -0.338. The Labute approximate surface area is 129 Å². The average Bonchev–Trinajstić information content (AvgIpc) is 2.42. The first kappa shape index (κ1) is 15.4. The van der Waals surface area contributed by atoms with Crippen LogP contribution in [0.3, 0.4) is 0 Å². The molecule has 0 aromatic heterocycles. The van der Waals surface area contributed by atoms with Crippen molar-refractivity contribution in [2.24, 2.45) is 0 Å². The van der Waals surface area contributed by atoms with Gasteiger partial charge in [0.25, 0.3) is 11.6 Å². The average molecular weight is 356 g/mol. The summed E-state index contributed by atoms with van der Waals surface area (Å²) in [5.41, 5.74) is 0.0577. The Bertz CT molecular complexity index is 605. The van der Waals surface area contributed by atoms with Gasteiger partial charge >= 0.3 is 0 Å². The lowest BCUT2D eigenvalue weighted by atomic mass is 10.0. The number of likely N-dealkylation sites (tertiary alicyclic amines) is 1. The molecule has 2 amide bonds. The van der Waals surface area contributed by atoms with Gasteiger partial charge in [0, 0.05) is 32.1 Å². The van der Waals surface area contributed by atoms with E-state index >= 15 is 0 Å². The van der Waals surface area contributed by atoms with Gasteiger partial charge in [0.2, 0.25) is 5.91 Å². The molecule has 0 bridgehead atoms. The third-order valence-corrected chi connectivity index (χ3v) is 4.21. The predicted octanol–water partition coefficient (Wildman–Crippen LogP) is 1.71. The quantitative estimate of drug-likeness (QED) is 0.659. The van der Waals surface area contributed by atoms with Crippen molar-refractivity contribution in [3.8, 4) is 0 Å². The van der Waals surface area contributed by atoms with Crippen molar-refractivity contribution in [1.29, 1.82) is 0 Å². The molecule has 0 radical (unpaired) electrons. The lowest BCUT2D eigenvalue weighted by molar-refractivity contribution is -0.385. The number of halogens is 1. The van der Waals surface area contributed by atoms with Crippen LogP contribution < -0.4 is 5.32 Å². The Balaban J connectivity index is 2.12. The zero-order valence-corrected chi connectivity index (χ0v) is 12.9. The smallest absolute Gasteiger partial charge is 0.284 e. The highest BCUT2D eigenvalue weighted by Crippen LogP contribution is 2.28. The van der Waals surface area contributed by atoms with E-state index in [1.54, 1.807) is 11.9 Å². The fraction of sp³-hybridized carbons (Fsp3) is 0.385. The molecule has 7 nitrogen and oxygen atoms in total. The Morgan fingerprint density at radius 3 is 2.86 bits per heavy atom. The van der Waals surface area contributed by atoms with E-state index in [0.29, 0.717) is 19.4 Å². The number of carbonyl (C=O) groups excluding carboxylic acids is 2. The van der Waals surface area contributed by atoms with Gasteiger partial charge in [-0.3, -0.25) is 19.7 Å². The van der Waals surface area contributed by atoms with Crippen molar-refractivity contribution in [3.63, 3.8) is 0 Å². The van der Waals surface area contributed by atoms with Gasteiger partial charge in [-0.1, -0.05) is 6.07 Å². The summed E-state index contributed by atoms with van der Waals surface area (Å²) in [4.78, 5) is 35.5. The van der Waals surface area contributed by atoms with Crippen LogP contribution in [-0.4, -0.2) is 41.3 Å². The van der Waals surface area contributed by atoms with Crippen molar-refractivity contribution >= 4 is 33.4 Å². The molecule has 1 N–H and O–H groups in total. The molecule has 0 saturated carbocycles. The third-order valence-electron chi connectivity index (χ3n) is 3.38. The standard InChI is InChI=1S/C13H14BrN3O4/c1-16-7-8(5-6-11(16)18)15-13(19)9-3-2-4-10(12(9)14)17(20)21/h2-4,8H,5-7H2,1H3,(H,15,19). The maximum atomic E-state index is 12.2. The van der Waals surface area contributed by atoms with E-state index in [2.05, 4.69) is 21.2 Å². The minimum Gasteiger partial charge on any atom is -0.347 e. The van der Waals surface area contributed by atoms with Crippen molar-refractivity contribution < 1.29 is 14.5 Å². The number of likely N-dealkylation sites (N-methyl/N-ethyl adjacent to an activating group) is 1. The van der Waals surface area contributed by atoms with Crippen LogP contribution >= 0.6 is 15.9 Å². The molecular formula is C13H14BrN3O4. The molecule has 1 unspecified atom stereocenters. The number of nitrogens with zero attached hydrogens (tertiary/aromatic N) is 2. The fourth-order valence-corrected chi connectivity index (χ4v) is 2.82. The lowest BCUT2D eigenvalue weighted by Gasteiger charge is -2.30. The van der Waals surface area contributed by atoms with E-state index in [9.17, 15) is 19.7 Å². The normalized spacial score (nSPS) is 18.5. The maximum Gasteiger partial charge on any atom is 0.284 e. The van der Waals surface area contributed by atoms with Gasteiger partial charge in [-0.2, -0.15) is 0 Å². The zero-order valence-electron chi connectivity index (χ0n) is 11.3. The van der Waals surface area contributed by atoms with Gasteiger partial charge in [0.05, 0.1) is 10.5 Å². The molecule has 1 aliphatic heterocycles. The molecule has 8 heteroatoms. The number of nitro groups is 1. The third kappa shape index (κ3) is 3.38. The monoisotopic (exact) mass is 355 g/mol. The van der Waals surface area contributed by atoms with Crippen molar-refractivity contribution in [1.82, 2.24) is 10.2 Å². The zero-order chi connectivity index (χ0) is 15.6. The number of carbonyl (C=O) groups is 2. The van der Waals surface area contributed by atoms with Gasteiger partial charge in [-0.25, -0.2) is 0 Å². The van der Waals surface area contributed by atoms with E-state index in [0.717, 1.165) is 0 Å². The van der Waals surface area contributed by atoms with E-state index in [4.69, 9.17) is 0 Å². The molecule has 1 aromatic rings. The molecule has 1 aliphatic rings. The molecule has 2 rings (SSSR count). The Morgan fingerprint density at radius 1 is 1.52 bits per heavy atom. The van der Waals surface area contributed by atoms with Gasteiger partial charge < -0.3 is 10.2 Å². The highest BCUT2D eigenvalue weighted by molar-refractivity contribution is 9.10. The minimum atomic E-state index is -0.548. The fourth-order valence-electron chi connectivity index (χ4n) is 2.23. The molecule has 1 saturated heterocycles. The van der Waals surface area contributed by atoms with Gasteiger partial charge in [-0.15, -0.1) is 0 Å². The molecule has 1 fully saturated rings. The largest absolute Gasteiger partial charge is 0.347 e. The second-order valence-electron chi connectivity index (χ2n) is 4.88. The van der Waals surface area contributed by atoms with Crippen molar-refractivity contribution in [3.05, 3.63) is 38.3 Å². The second-order valence-corrected chi connectivity index (χ2v) is 5.67. The van der Waals surface area contributed by atoms with Crippen LogP contribution in [0.1, 0.15) is 23.2 Å². The number of benzene rings is 1. The van der Waals surface area contributed by atoms with Crippen LogP contribution in [0, 0.1) is 10.1 Å². The number of hydrogen-bond donors (Lipinski definition) is 1. The van der Waals surface area contributed by atoms with Crippen LogP contribution in [-0.2, 0) is 4.79 Å². The summed E-state index contributed by atoms with van der Waals surface area (Å²) >= 11 is 3.10. The van der Waals surface area contributed by atoms with Gasteiger partial charge in [-0.05, 0) is 28.4 Å². The summed E-state index contributed by atoms with van der Waals surface area (Å²) in [6.07, 6.45) is 0.957. The number of nitrogens with one attached hydrogen (secondary N) is 1. The maximum absolute atomic E-state index is 12.2. The number of piperidine rings is 1. The van der Waals surface area contributed by atoms with Crippen LogP contribution in [0.25, 0.3) is 0 Å². The van der Waals surface area contributed by atoms with E-state index < -0.39 is 10.8 Å². The van der Waals surface area contributed by atoms with Gasteiger partial charge in [0.15, 0.2) is 0 Å². The number of rotatable bonds is 3. The second kappa shape index (κ2) is 6.21. The molecule has 112 valence electrons. The molecule has 1 heterocycles. The van der Waals surface area contributed by atoms with Crippen molar-refractivity contribution in [2.75, 3.05) is 13.6 Å². The summed E-state index contributed by atoms with van der Waals surface area (Å²) in [6, 6.07) is 4.16. The molecule has 21 heavy (non-hydrogen) atoms. The number of nitro benzene ring substituents is 1. The molecule has 1 atom stereocenters. The lowest BCUT2D eigenvalue weighted by Crippen LogP contribution is -2.48. The van der Waals surface area contributed by atoms with Crippen LogP contribution in [0.4, 0.5) is 5.69 Å². The molecule has 1 aromatic carbocycles. The van der Waals surface area contributed by atoms with Gasteiger partial charge in [0.1, 0.15) is 4.47 Å². The summed E-state index contributed by atoms with van der Waals surface area (Å²) in [5, 5.41) is 13.7. The van der Waals surface area contributed by atoms with E-state index in [1.807, 2.05) is 0 Å². The predicted molar refractivity (Wildman–Crippen MR) is 78.9 cm³/mol. The van der Waals surface area contributed by atoms with Crippen LogP contribution in [0.5, 0.6) is 0 Å². The molecule has 0 aliphatic carbocycles. The first-order valence-electron chi connectivity index (χ1n) is 6.38. The summed E-state index contributed by atoms with van der Waals surface area (Å²) in [6.45, 7) is 0.442. The highest BCUT2D eigenvalue weighted by Gasteiger charge is 2.26. The van der Waals surface area contributed by atoms with Crippen molar-refractivity contribution in [2.45, 2.75) is 18.9 Å². The minimum absolute atomic E-state index is 0.0528. The first-order valence-corrected chi connectivity index (χ1v) is 7.17. The SMILES string of the molecule is CN1CC(NC(=O)c2cccc([N+](=O)[O-])c2Br)CCC1=O. The molecule has 0 spiro atoms. The highest BCUT2D eigenvalue weighted by atomic mass is 79.9. The van der Waals surface area contributed by atoms with E-state index in [-0.39, 0.29) is 27.7 Å². The van der Waals surface area contributed by atoms with Crippen LogP contribution in [0.15, 0.2) is 22.7 Å². The number of amides is 2. The Kier molecular flexibility index (Phi) is 4.56. The summed E-state index contributed by atoms with van der Waals surface area (Å²) < 4.78 is 0.160. The van der Waals surface area contributed by atoms with E-state index in [1.165, 1.54) is 18.2 Å². The van der Waals surface area contributed by atoms with Crippen LogP contribution in [0.2, 0.25) is 0 Å². The summed E-state index contributed by atoms with van der Waals surface area (Å²) in [7, 11) is 1.68. The first-order chi connectivity index (χ1) is 9.90. The topological polar surface area (TPSA) is 92.6 Å². The molecular weight excluding hydrogens is 342 g/mol. The number of hydrogen-bond acceptors (Lipinski definition) is 4. The Hall–Kier alpha value is -1.96. The Morgan fingerprint density at radius 2 is 2.24 bits per heavy atom.